The van der Waals surface area contributed by atoms with Gasteiger partial charge in [-0.1, -0.05) is 30.3 Å². The zero-order chi connectivity index (χ0) is 16.3. The van der Waals surface area contributed by atoms with Crippen LogP contribution in [-0.4, -0.2) is 17.4 Å². The van der Waals surface area contributed by atoms with E-state index in [1.165, 1.54) is 24.3 Å². The number of hydrogen-bond acceptors (Lipinski definition) is 3. The van der Waals surface area contributed by atoms with Gasteiger partial charge in [-0.3, -0.25) is 4.79 Å². The van der Waals surface area contributed by atoms with Crippen molar-refractivity contribution in [3.63, 3.8) is 0 Å². The lowest BCUT2D eigenvalue weighted by Gasteiger charge is -2.16. The largest absolute Gasteiger partial charge is 0.445 e. The Morgan fingerprint density at radius 3 is 2.30 bits per heavy atom. The second kappa shape index (κ2) is 6.20. The van der Waals surface area contributed by atoms with Gasteiger partial charge in [-0.15, -0.1) is 0 Å². The summed E-state index contributed by atoms with van der Waals surface area (Å²) < 4.78 is 18.1. The van der Waals surface area contributed by atoms with Crippen molar-refractivity contribution in [1.82, 2.24) is 5.32 Å². The van der Waals surface area contributed by atoms with E-state index in [4.69, 9.17) is 4.74 Å². The Hall–Kier alpha value is -2.69. The van der Waals surface area contributed by atoms with E-state index in [0.29, 0.717) is 18.4 Å². The van der Waals surface area contributed by atoms with Gasteiger partial charge < -0.3 is 10.1 Å². The van der Waals surface area contributed by atoms with Gasteiger partial charge in [-0.05, 0) is 42.7 Å². The summed E-state index contributed by atoms with van der Waals surface area (Å²) >= 11 is 0. The van der Waals surface area contributed by atoms with Crippen LogP contribution < -0.4 is 5.32 Å². The Morgan fingerprint density at radius 1 is 1.04 bits per heavy atom. The highest BCUT2D eigenvalue weighted by Gasteiger charge is 2.51. The first-order valence-electron chi connectivity index (χ1n) is 7.38. The van der Waals surface area contributed by atoms with Crippen molar-refractivity contribution in [2.24, 2.45) is 0 Å². The Morgan fingerprint density at radius 2 is 1.70 bits per heavy atom. The molecule has 0 radical (unpaired) electrons. The summed E-state index contributed by atoms with van der Waals surface area (Å²) in [4.78, 5) is 24.4. The van der Waals surface area contributed by atoms with Crippen LogP contribution in [0.2, 0.25) is 0 Å². The van der Waals surface area contributed by atoms with Gasteiger partial charge in [0.05, 0.1) is 0 Å². The number of amides is 1. The fraction of sp³-hybridized carbons (Fsp3) is 0.222. The average molecular weight is 313 g/mol. The number of benzene rings is 2. The topological polar surface area (TPSA) is 55.4 Å². The van der Waals surface area contributed by atoms with Gasteiger partial charge in [0, 0.05) is 5.56 Å². The molecular formula is C18H16FNO3. The number of rotatable bonds is 5. The molecule has 0 aromatic heterocycles. The summed E-state index contributed by atoms with van der Waals surface area (Å²) in [5, 5.41) is 2.65. The van der Waals surface area contributed by atoms with Crippen molar-refractivity contribution >= 4 is 11.9 Å². The minimum atomic E-state index is -0.911. The molecule has 1 aliphatic rings. The van der Waals surface area contributed by atoms with Crippen molar-refractivity contribution in [3.05, 3.63) is 71.5 Å². The number of ether oxygens (including phenoxy) is 1. The van der Waals surface area contributed by atoms with Gasteiger partial charge in [0.1, 0.15) is 18.0 Å². The van der Waals surface area contributed by atoms with Crippen molar-refractivity contribution in [3.8, 4) is 0 Å². The third kappa shape index (κ3) is 3.56. The molecule has 2 aromatic carbocycles. The van der Waals surface area contributed by atoms with Crippen molar-refractivity contribution in [1.29, 1.82) is 0 Å². The van der Waals surface area contributed by atoms with Crippen LogP contribution in [0.25, 0.3) is 0 Å². The summed E-state index contributed by atoms with van der Waals surface area (Å²) in [7, 11) is 0. The molecule has 0 aliphatic heterocycles. The van der Waals surface area contributed by atoms with Crippen LogP contribution in [0.4, 0.5) is 9.18 Å². The van der Waals surface area contributed by atoms with E-state index in [2.05, 4.69) is 5.32 Å². The maximum atomic E-state index is 12.9. The van der Waals surface area contributed by atoms with Crippen LogP contribution in [0.1, 0.15) is 28.8 Å². The van der Waals surface area contributed by atoms with Gasteiger partial charge in [0.2, 0.25) is 0 Å². The first-order valence-corrected chi connectivity index (χ1v) is 7.38. The number of alkyl carbamates (subject to hydrolysis) is 1. The van der Waals surface area contributed by atoms with Gasteiger partial charge >= 0.3 is 6.09 Å². The third-order valence-corrected chi connectivity index (χ3v) is 3.85. The molecule has 3 rings (SSSR count). The molecule has 2 aromatic rings. The SMILES string of the molecule is O=C(NC1(C(=O)c2ccc(F)cc2)CC1)OCc1ccccc1. The van der Waals surface area contributed by atoms with E-state index in [1.807, 2.05) is 30.3 Å². The second-order valence-corrected chi connectivity index (χ2v) is 5.60. The van der Waals surface area contributed by atoms with Gasteiger partial charge in [-0.25, -0.2) is 9.18 Å². The van der Waals surface area contributed by atoms with E-state index in [-0.39, 0.29) is 12.4 Å². The molecule has 0 spiro atoms. The van der Waals surface area contributed by atoms with E-state index >= 15 is 0 Å². The van der Waals surface area contributed by atoms with Crippen LogP contribution in [0.5, 0.6) is 0 Å². The smallest absolute Gasteiger partial charge is 0.408 e. The lowest BCUT2D eigenvalue weighted by Crippen LogP contribution is -2.43. The zero-order valence-electron chi connectivity index (χ0n) is 12.4. The highest BCUT2D eigenvalue weighted by Crippen LogP contribution is 2.38. The van der Waals surface area contributed by atoms with Crippen LogP contribution in [0, 0.1) is 5.82 Å². The summed E-state index contributed by atoms with van der Waals surface area (Å²) in [5.41, 5.74) is 0.343. The maximum Gasteiger partial charge on any atom is 0.408 e. The van der Waals surface area contributed by atoms with Crippen LogP contribution in [0.3, 0.4) is 0 Å². The zero-order valence-corrected chi connectivity index (χ0v) is 12.4. The molecule has 5 heteroatoms. The van der Waals surface area contributed by atoms with E-state index < -0.39 is 17.4 Å². The minimum Gasteiger partial charge on any atom is -0.445 e. The van der Waals surface area contributed by atoms with E-state index in [0.717, 1.165) is 5.56 Å². The molecule has 23 heavy (non-hydrogen) atoms. The fourth-order valence-electron chi connectivity index (χ4n) is 2.37. The molecule has 0 atom stereocenters. The lowest BCUT2D eigenvalue weighted by atomic mass is 10.0. The van der Waals surface area contributed by atoms with Crippen LogP contribution in [0.15, 0.2) is 54.6 Å². The summed E-state index contributed by atoms with van der Waals surface area (Å²) in [6, 6.07) is 14.6. The van der Waals surface area contributed by atoms with Crippen LogP contribution in [-0.2, 0) is 11.3 Å². The molecule has 1 amide bonds. The number of Topliss-reactive ketones (excluding diaryl/α,β-unsaturated/α-hetero) is 1. The predicted molar refractivity (Wildman–Crippen MR) is 82.5 cm³/mol. The summed E-state index contributed by atoms with van der Waals surface area (Å²) in [6.45, 7) is 0.146. The Labute approximate surface area is 133 Å². The average Bonchev–Trinajstić information content (AvgIpc) is 3.35. The molecule has 4 nitrogen and oxygen atoms in total. The number of carbonyl (C=O) groups is 2. The second-order valence-electron chi connectivity index (χ2n) is 5.60. The standard InChI is InChI=1S/C18H16FNO3/c19-15-8-6-14(7-9-15)16(21)18(10-11-18)20-17(22)23-12-13-4-2-1-3-5-13/h1-9H,10-12H2,(H,20,22). The quantitative estimate of drug-likeness (QED) is 0.860. The number of ketones is 1. The molecule has 0 bridgehead atoms. The van der Waals surface area contributed by atoms with Gasteiger partial charge in [-0.2, -0.15) is 0 Å². The highest BCUT2D eigenvalue weighted by molar-refractivity contribution is 6.06. The predicted octanol–water partition coefficient (Wildman–Crippen LogP) is 3.47. The molecule has 1 aliphatic carbocycles. The normalized spacial score (nSPS) is 14.8. The molecule has 0 unspecified atom stereocenters. The highest BCUT2D eigenvalue weighted by atomic mass is 19.1. The molecule has 0 saturated heterocycles. The molecule has 1 N–H and O–H groups in total. The fourth-order valence-corrected chi connectivity index (χ4v) is 2.37. The van der Waals surface area contributed by atoms with Crippen molar-refractivity contribution < 1.29 is 18.7 Å². The third-order valence-electron chi connectivity index (χ3n) is 3.85. The first-order chi connectivity index (χ1) is 11.1. The first kappa shape index (κ1) is 15.2. The molecule has 0 heterocycles. The van der Waals surface area contributed by atoms with Gasteiger partial charge in [0.15, 0.2) is 5.78 Å². The summed E-state index contributed by atoms with van der Waals surface area (Å²) in [6.07, 6.45) is 0.495. The Bertz CT molecular complexity index is 709. The monoisotopic (exact) mass is 313 g/mol. The van der Waals surface area contributed by atoms with Crippen LogP contribution >= 0.6 is 0 Å². The number of halogens is 1. The molecule has 1 saturated carbocycles. The molecular weight excluding hydrogens is 297 g/mol. The number of hydrogen-bond donors (Lipinski definition) is 1. The van der Waals surface area contributed by atoms with E-state index in [1.54, 1.807) is 0 Å². The number of carbonyl (C=O) groups excluding carboxylic acids is 2. The molecule has 118 valence electrons. The lowest BCUT2D eigenvalue weighted by molar-refractivity contribution is 0.0899. The number of nitrogens with one attached hydrogen (secondary N) is 1. The molecule has 1 fully saturated rings. The Balaban J connectivity index is 1.59. The van der Waals surface area contributed by atoms with Crippen molar-refractivity contribution in [2.75, 3.05) is 0 Å². The maximum absolute atomic E-state index is 12.9. The minimum absolute atomic E-state index is 0.146. The summed E-state index contributed by atoms with van der Waals surface area (Å²) in [5.74, 6) is -0.615. The van der Waals surface area contributed by atoms with Gasteiger partial charge in [0.25, 0.3) is 0 Å². The Kier molecular flexibility index (Phi) is 4.10. The van der Waals surface area contributed by atoms with E-state index in [9.17, 15) is 14.0 Å². The van der Waals surface area contributed by atoms with Crippen molar-refractivity contribution in [2.45, 2.75) is 25.0 Å².